The maximum absolute atomic E-state index is 12.4. The van der Waals surface area contributed by atoms with Crippen LogP contribution in [0.3, 0.4) is 0 Å². The first kappa shape index (κ1) is 18.6. The number of benzene rings is 1. The van der Waals surface area contributed by atoms with Gasteiger partial charge in [-0.15, -0.1) is 0 Å². The number of aryl methyl sites for hydroxylation is 1. The van der Waals surface area contributed by atoms with Crippen molar-refractivity contribution >= 4 is 33.4 Å². The van der Waals surface area contributed by atoms with Crippen LogP contribution in [0.15, 0.2) is 27.7 Å². The molecular weight excluding hydrogens is 374 g/mol. The van der Waals surface area contributed by atoms with Gasteiger partial charge in [0.25, 0.3) is 0 Å². The minimum atomic E-state index is -0.573. The van der Waals surface area contributed by atoms with Gasteiger partial charge in [-0.1, -0.05) is 16.5 Å². The lowest BCUT2D eigenvalue weighted by atomic mass is 10.3. The highest BCUT2D eigenvalue weighted by Gasteiger charge is 2.17. The van der Waals surface area contributed by atoms with Gasteiger partial charge in [0.15, 0.2) is 22.0 Å². The fraction of sp³-hybridized carbons (Fsp3) is 0.294. The van der Waals surface area contributed by atoms with Gasteiger partial charge < -0.3 is 23.3 Å². The van der Waals surface area contributed by atoms with Crippen LogP contribution in [0.25, 0.3) is 10.2 Å². The smallest absolute Gasteiger partial charge is 0.325 e. The molecule has 2 aromatic heterocycles. The van der Waals surface area contributed by atoms with Crippen molar-refractivity contribution in [2.45, 2.75) is 13.5 Å². The fourth-order valence-electron chi connectivity index (χ4n) is 2.44. The molecule has 27 heavy (non-hydrogen) atoms. The Morgan fingerprint density at radius 3 is 2.48 bits per heavy atom. The summed E-state index contributed by atoms with van der Waals surface area (Å²) in [6.07, 6.45) is 0. The van der Waals surface area contributed by atoms with Crippen LogP contribution in [0.5, 0.6) is 11.5 Å². The van der Waals surface area contributed by atoms with E-state index < -0.39 is 11.9 Å². The normalized spacial score (nSPS) is 11.6. The van der Waals surface area contributed by atoms with E-state index in [9.17, 15) is 9.59 Å². The lowest BCUT2D eigenvalue weighted by molar-refractivity contribution is -0.141. The molecule has 0 aliphatic carbocycles. The number of thiazole rings is 1. The van der Waals surface area contributed by atoms with E-state index >= 15 is 0 Å². The predicted octanol–water partition coefficient (Wildman–Crippen LogP) is 1.93. The summed E-state index contributed by atoms with van der Waals surface area (Å²) in [5, 5.41) is 3.67. The highest BCUT2D eigenvalue weighted by Crippen LogP contribution is 2.33. The van der Waals surface area contributed by atoms with Crippen molar-refractivity contribution < 1.29 is 28.3 Å². The van der Waals surface area contributed by atoms with E-state index in [4.69, 9.17) is 18.7 Å². The number of fused-ring (bicyclic) bond motifs is 1. The van der Waals surface area contributed by atoms with Gasteiger partial charge in [-0.25, -0.2) is 0 Å². The zero-order valence-electron chi connectivity index (χ0n) is 15.1. The molecule has 0 bridgehead atoms. The molecular formula is C17H17N3O6S. The molecule has 142 valence electrons. The standard InChI is InChI=1S/C17H17N3O6S/c1-9-5-10(19-26-9)16(22)18-17-20(8-15(21)25-4)11-6-12(23-2)13(24-3)7-14(11)27-17/h5-7H,8H2,1-4H3. The lowest BCUT2D eigenvalue weighted by Crippen LogP contribution is -2.22. The minimum absolute atomic E-state index is 0.0877. The summed E-state index contributed by atoms with van der Waals surface area (Å²) >= 11 is 1.23. The monoisotopic (exact) mass is 391 g/mol. The Morgan fingerprint density at radius 2 is 1.89 bits per heavy atom. The summed E-state index contributed by atoms with van der Waals surface area (Å²) in [5.41, 5.74) is 0.746. The van der Waals surface area contributed by atoms with Gasteiger partial charge in [0.2, 0.25) is 0 Å². The van der Waals surface area contributed by atoms with Crippen molar-refractivity contribution in [2.24, 2.45) is 4.99 Å². The average Bonchev–Trinajstić information content (AvgIpc) is 3.24. The number of methoxy groups -OCH3 is 3. The molecule has 0 aliphatic rings. The van der Waals surface area contributed by atoms with Crippen LogP contribution in [0.1, 0.15) is 16.2 Å². The first-order valence-corrected chi connectivity index (χ1v) is 8.63. The van der Waals surface area contributed by atoms with Crippen LogP contribution in [0, 0.1) is 6.92 Å². The third-order valence-electron chi connectivity index (χ3n) is 3.75. The Balaban J connectivity index is 2.20. The van der Waals surface area contributed by atoms with E-state index in [0.717, 1.165) is 4.70 Å². The van der Waals surface area contributed by atoms with Crippen molar-refractivity contribution in [3.63, 3.8) is 0 Å². The molecule has 0 aliphatic heterocycles. The van der Waals surface area contributed by atoms with E-state index in [1.807, 2.05) is 0 Å². The van der Waals surface area contributed by atoms with E-state index in [1.54, 1.807) is 23.6 Å². The molecule has 3 rings (SSSR count). The molecule has 0 unspecified atom stereocenters. The van der Waals surface area contributed by atoms with Gasteiger partial charge in [0.05, 0.1) is 31.5 Å². The predicted molar refractivity (Wildman–Crippen MR) is 96.1 cm³/mol. The number of nitrogens with zero attached hydrogens (tertiary/aromatic N) is 3. The van der Waals surface area contributed by atoms with Crippen molar-refractivity contribution in [3.8, 4) is 11.5 Å². The highest BCUT2D eigenvalue weighted by atomic mass is 32.1. The van der Waals surface area contributed by atoms with Crippen molar-refractivity contribution in [1.82, 2.24) is 9.72 Å². The molecule has 0 spiro atoms. The Morgan fingerprint density at radius 1 is 1.19 bits per heavy atom. The molecule has 10 heteroatoms. The van der Waals surface area contributed by atoms with Gasteiger partial charge in [0.1, 0.15) is 12.3 Å². The van der Waals surface area contributed by atoms with E-state index in [2.05, 4.69) is 10.1 Å². The maximum atomic E-state index is 12.4. The Kier molecular flexibility index (Phi) is 5.26. The molecule has 0 atom stereocenters. The zero-order chi connectivity index (χ0) is 19.6. The number of aromatic nitrogens is 2. The van der Waals surface area contributed by atoms with Gasteiger partial charge in [-0.05, 0) is 6.92 Å². The number of carbonyl (C=O) groups excluding carboxylic acids is 2. The minimum Gasteiger partial charge on any atom is -0.493 e. The highest BCUT2D eigenvalue weighted by molar-refractivity contribution is 7.16. The molecule has 9 nitrogen and oxygen atoms in total. The van der Waals surface area contributed by atoms with Gasteiger partial charge in [0, 0.05) is 18.2 Å². The van der Waals surface area contributed by atoms with Crippen molar-refractivity contribution in [1.29, 1.82) is 0 Å². The molecule has 0 saturated carbocycles. The van der Waals surface area contributed by atoms with Crippen LogP contribution in [0.4, 0.5) is 0 Å². The Bertz CT molecular complexity index is 1080. The second-order valence-electron chi connectivity index (χ2n) is 5.46. The van der Waals surface area contributed by atoms with E-state index in [0.29, 0.717) is 27.6 Å². The molecule has 0 N–H and O–H groups in total. The first-order valence-electron chi connectivity index (χ1n) is 7.81. The van der Waals surface area contributed by atoms with Crippen molar-refractivity contribution in [3.05, 3.63) is 34.5 Å². The summed E-state index contributed by atoms with van der Waals surface area (Å²) in [5.74, 6) is 0.473. The van der Waals surface area contributed by atoms with E-state index in [1.165, 1.54) is 38.7 Å². The number of amides is 1. The SMILES string of the molecule is COC(=O)Cn1c(=NC(=O)c2cc(C)on2)sc2cc(OC)c(OC)cc21. The summed E-state index contributed by atoms with van der Waals surface area (Å²) in [4.78, 5) is 28.7. The Labute approximate surface area is 157 Å². The topological polar surface area (TPSA) is 105 Å². The Hall–Kier alpha value is -3.14. The molecule has 0 fully saturated rings. The molecule has 1 aromatic carbocycles. The summed E-state index contributed by atoms with van der Waals surface area (Å²) in [6.45, 7) is 1.56. The second-order valence-corrected chi connectivity index (χ2v) is 6.47. The fourth-order valence-corrected chi connectivity index (χ4v) is 3.48. The lowest BCUT2D eigenvalue weighted by Gasteiger charge is -2.08. The van der Waals surface area contributed by atoms with E-state index in [-0.39, 0.29) is 12.2 Å². The summed E-state index contributed by atoms with van der Waals surface area (Å²) < 4.78 is 22.6. The molecule has 0 saturated heterocycles. The first-order chi connectivity index (χ1) is 13.0. The zero-order valence-corrected chi connectivity index (χ0v) is 16.0. The third-order valence-corrected chi connectivity index (χ3v) is 4.79. The largest absolute Gasteiger partial charge is 0.493 e. The maximum Gasteiger partial charge on any atom is 0.325 e. The number of rotatable bonds is 5. The van der Waals surface area contributed by atoms with Crippen LogP contribution in [-0.4, -0.2) is 42.9 Å². The van der Waals surface area contributed by atoms with Gasteiger partial charge in [-0.3, -0.25) is 9.59 Å². The number of carbonyl (C=O) groups is 2. The number of ether oxygens (including phenoxy) is 3. The van der Waals surface area contributed by atoms with Crippen LogP contribution < -0.4 is 14.3 Å². The van der Waals surface area contributed by atoms with Crippen LogP contribution in [-0.2, 0) is 16.1 Å². The van der Waals surface area contributed by atoms with Gasteiger partial charge in [-0.2, -0.15) is 4.99 Å². The third kappa shape index (κ3) is 3.70. The van der Waals surface area contributed by atoms with Crippen molar-refractivity contribution in [2.75, 3.05) is 21.3 Å². The average molecular weight is 391 g/mol. The molecule has 2 heterocycles. The number of hydrogen-bond acceptors (Lipinski definition) is 8. The molecule has 3 aromatic rings. The number of esters is 1. The summed E-state index contributed by atoms with van der Waals surface area (Å²) in [6, 6.07) is 4.98. The van der Waals surface area contributed by atoms with Gasteiger partial charge >= 0.3 is 11.9 Å². The quantitative estimate of drug-likeness (QED) is 0.612. The van der Waals surface area contributed by atoms with Crippen LogP contribution in [0.2, 0.25) is 0 Å². The second kappa shape index (κ2) is 7.62. The van der Waals surface area contributed by atoms with Crippen LogP contribution >= 0.6 is 11.3 Å². The molecule has 1 amide bonds. The number of hydrogen-bond donors (Lipinski definition) is 0. The molecule has 0 radical (unpaired) electrons. The summed E-state index contributed by atoms with van der Waals surface area (Å²) in [7, 11) is 4.34.